The first-order chi connectivity index (χ1) is 45.7. The van der Waals surface area contributed by atoms with Crippen molar-refractivity contribution in [3.63, 3.8) is 0 Å². The van der Waals surface area contributed by atoms with Gasteiger partial charge in [-0.3, -0.25) is 0 Å². The average Bonchev–Trinajstić information content (AvgIpc) is 1.51. The van der Waals surface area contributed by atoms with E-state index in [1.54, 1.807) is 28.4 Å². The first-order valence-corrected chi connectivity index (χ1v) is 30.9. The number of nitrogens with zero attached hydrogens (tertiary/aromatic N) is 4. The van der Waals surface area contributed by atoms with E-state index in [1.165, 1.54) is 0 Å². The molecule has 2 aliphatic carbocycles. The van der Waals surface area contributed by atoms with Crippen LogP contribution in [0.4, 0.5) is 68.2 Å². The van der Waals surface area contributed by atoms with Crippen LogP contribution >= 0.6 is 0 Å². The van der Waals surface area contributed by atoms with Crippen LogP contribution in [-0.4, -0.2) is 28.4 Å². The summed E-state index contributed by atoms with van der Waals surface area (Å²) in [5, 5.41) is 0. The lowest BCUT2D eigenvalue weighted by Gasteiger charge is -2.35. The van der Waals surface area contributed by atoms with Crippen molar-refractivity contribution < 1.29 is 18.9 Å². The minimum atomic E-state index is -0.986. The van der Waals surface area contributed by atoms with Crippen LogP contribution < -0.4 is 38.5 Å². The number of methoxy groups -OCH3 is 4. The second kappa shape index (κ2) is 24.8. The topological polar surface area (TPSA) is 49.9 Å². The van der Waals surface area contributed by atoms with Crippen LogP contribution in [0.2, 0.25) is 0 Å². The smallest absolute Gasteiger partial charge is 0.119 e. The Bertz CT molecular complexity index is 4160. The van der Waals surface area contributed by atoms with Gasteiger partial charge in [-0.15, -0.1) is 0 Å². The molecule has 93 heavy (non-hydrogen) atoms. The van der Waals surface area contributed by atoms with Crippen molar-refractivity contribution in [1.29, 1.82) is 0 Å². The van der Waals surface area contributed by atoms with Crippen molar-refractivity contribution in [3.05, 3.63) is 338 Å². The van der Waals surface area contributed by atoms with Crippen LogP contribution in [0.5, 0.6) is 23.0 Å². The van der Waals surface area contributed by atoms with E-state index in [9.17, 15) is 0 Å². The van der Waals surface area contributed by atoms with Crippen molar-refractivity contribution in [2.75, 3.05) is 48.0 Å². The fourth-order valence-electron chi connectivity index (χ4n) is 13.5. The van der Waals surface area contributed by atoms with E-state index in [2.05, 4.69) is 264 Å². The molecule has 0 atom stereocenters. The fourth-order valence-corrected chi connectivity index (χ4v) is 13.5. The lowest BCUT2D eigenvalue weighted by Crippen LogP contribution is -2.27. The Morgan fingerprint density at radius 3 is 0.548 bits per heavy atom. The summed E-state index contributed by atoms with van der Waals surface area (Å²) >= 11 is 0. The zero-order valence-corrected chi connectivity index (χ0v) is 52.5. The van der Waals surface area contributed by atoms with Gasteiger partial charge in [0.15, 0.2) is 0 Å². The summed E-state index contributed by atoms with van der Waals surface area (Å²) in [6.07, 6.45) is 7.53. The van der Waals surface area contributed by atoms with Gasteiger partial charge >= 0.3 is 0 Å². The van der Waals surface area contributed by atoms with Gasteiger partial charge in [0.05, 0.1) is 33.9 Å². The Morgan fingerprint density at radius 2 is 0.387 bits per heavy atom. The fraction of sp³-hybridized carbons (Fsp3) is 0.0588. The molecule has 14 rings (SSSR count). The monoisotopic (exact) mass is 1210 g/mol. The maximum absolute atomic E-state index is 5.76. The summed E-state index contributed by atoms with van der Waals surface area (Å²) in [4.78, 5) is 9.36. The molecule has 12 aromatic rings. The summed E-state index contributed by atoms with van der Waals surface area (Å²) in [5.41, 5.74) is 23.9. The second-order valence-electron chi connectivity index (χ2n) is 23.0. The van der Waals surface area contributed by atoms with E-state index in [0.29, 0.717) is 0 Å². The zero-order valence-electron chi connectivity index (χ0n) is 52.5. The van der Waals surface area contributed by atoms with Gasteiger partial charge in [0.25, 0.3) is 0 Å². The number of benzene rings is 12. The summed E-state index contributed by atoms with van der Waals surface area (Å²) in [7, 11) is 6.82. The standard InChI is InChI=1S/C85H68N4O4/c1-9-57-13-21-61(22-14-57)86(65-29-41-73(90-5)42-30-65)69-37-49-77-78-50-38-70(87(62-23-15-58(10-2)16-24-62)66-31-43-74(91-6)44-32-66)54-82(78)85(81(77)53-69)83-55-71(88(63-25-17-59(11-3)18-26-63)67-33-45-75(92-7)46-34-67)39-51-79(83)80-52-40-72(56-84(80)85)89(64-27-19-60(12-4)20-28-64)68-35-47-76(93-8)48-36-68/h9-56H,1-4H2,5-8H3. The zero-order chi connectivity index (χ0) is 63.7. The van der Waals surface area contributed by atoms with Crippen molar-refractivity contribution in [2.45, 2.75) is 5.41 Å². The third-order valence-electron chi connectivity index (χ3n) is 18.1. The molecule has 8 heteroatoms. The first-order valence-electron chi connectivity index (χ1n) is 30.9. The second-order valence-corrected chi connectivity index (χ2v) is 23.0. The highest BCUT2D eigenvalue weighted by Gasteiger charge is 2.53. The molecule has 0 radical (unpaired) electrons. The van der Waals surface area contributed by atoms with E-state index in [-0.39, 0.29) is 0 Å². The van der Waals surface area contributed by atoms with Gasteiger partial charge in [-0.2, -0.15) is 0 Å². The minimum Gasteiger partial charge on any atom is -0.497 e. The number of ether oxygens (including phenoxy) is 4. The quantitative estimate of drug-likeness (QED) is 0.0748. The van der Waals surface area contributed by atoms with Crippen molar-refractivity contribution in [3.8, 4) is 45.3 Å². The minimum absolute atomic E-state index is 0.770. The van der Waals surface area contributed by atoms with E-state index >= 15 is 0 Å². The lowest BCUT2D eigenvalue weighted by molar-refractivity contribution is 0.414. The number of fused-ring (bicyclic) bond motifs is 10. The number of anilines is 12. The molecule has 0 heterocycles. The molecule has 2 aliphatic rings. The molecule has 0 saturated heterocycles. The third-order valence-corrected chi connectivity index (χ3v) is 18.1. The molecule has 0 saturated carbocycles. The van der Waals surface area contributed by atoms with E-state index in [4.69, 9.17) is 18.9 Å². The van der Waals surface area contributed by atoms with Crippen LogP contribution in [-0.2, 0) is 5.41 Å². The van der Waals surface area contributed by atoms with Crippen molar-refractivity contribution >= 4 is 92.6 Å². The van der Waals surface area contributed by atoms with Gasteiger partial charge in [0, 0.05) is 68.2 Å². The molecule has 452 valence electrons. The van der Waals surface area contributed by atoms with Gasteiger partial charge in [-0.05, 0) is 261 Å². The van der Waals surface area contributed by atoms with Crippen LogP contribution in [0, 0.1) is 0 Å². The molecule has 12 aromatic carbocycles. The molecule has 0 aromatic heterocycles. The Balaban J connectivity index is 1.10. The Kier molecular flexibility index (Phi) is 15.6. The normalized spacial score (nSPS) is 11.9. The van der Waals surface area contributed by atoms with Gasteiger partial charge in [0.1, 0.15) is 23.0 Å². The SMILES string of the molecule is C=Cc1ccc(N(c2ccc(OC)cc2)c2ccc3c(c2)C2(c4cc(N(c5ccc(C=C)cc5)c5ccc(OC)cc5)ccc4-3)c3cc(N(c4ccc(C=C)cc4)c4ccc(OC)cc4)ccc3-c3ccc(N(c4ccc(C=C)cc4)c4ccc(OC)cc4)cc32)cc1. The summed E-state index contributed by atoms with van der Waals surface area (Å²) in [6, 6.07) is 95.8. The lowest BCUT2D eigenvalue weighted by atomic mass is 9.70. The summed E-state index contributed by atoms with van der Waals surface area (Å²) < 4.78 is 23.0. The summed E-state index contributed by atoms with van der Waals surface area (Å²) in [5.74, 6) is 3.08. The molecule has 0 N–H and O–H groups in total. The van der Waals surface area contributed by atoms with E-state index < -0.39 is 5.41 Å². The van der Waals surface area contributed by atoms with Crippen LogP contribution in [0.15, 0.2) is 293 Å². The molecule has 0 aliphatic heterocycles. The highest BCUT2D eigenvalue weighted by Crippen LogP contribution is 2.65. The van der Waals surface area contributed by atoms with Crippen molar-refractivity contribution in [1.82, 2.24) is 0 Å². The number of hydrogen-bond donors (Lipinski definition) is 0. The Morgan fingerprint density at radius 1 is 0.226 bits per heavy atom. The molecule has 0 unspecified atom stereocenters. The predicted molar refractivity (Wildman–Crippen MR) is 388 cm³/mol. The van der Waals surface area contributed by atoms with Gasteiger partial charge in [-0.25, -0.2) is 0 Å². The average molecular weight is 1210 g/mol. The molecule has 1 spiro atoms. The molecule has 0 fully saturated rings. The highest BCUT2D eigenvalue weighted by molar-refractivity contribution is 6.00. The molecular formula is C85H68N4O4. The maximum atomic E-state index is 5.76. The van der Waals surface area contributed by atoms with Gasteiger partial charge in [-0.1, -0.05) is 123 Å². The number of hydrogen-bond acceptors (Lipinski definition) is 8. The maximum Gasteiger partial charge on any atom is 0.119 e. The van der Waals surface area contributed by atoms with Gasteiger partial charge in [0.2, 0.25) is 0 Å². The highest BCUT2D eigenvalue weighted by atomic mass is 16.5. The van der Waals surface area contributed by atoms with Crippen LogP contribution in [0.3, 0.4) is 0 Å². The summed E-state index contributed by atoms with van der Waals surface area (Å²) in [6.45, 7) is 16.4. The third kappa shape index (κ3) is 10.4. The molecule has 0 amide bonds. The van der Waals surface area contributed by atoms with E-state index in [1.807, 2.05) is 72.8 Å². The molecular weight excluding hydrogens is 1140 g/mol. The van der Waals surface area contributed by atoms with Crippen LogP contribution in [0.1, 0.15) is 44.5 Å². The largest absolute Gasteiger partial charge is 0.497 e. The van der Waals surface area contributed by atoms with Gasteiger partial charge < -0.3 is 38.5 Å². The molecule has 8 nitrogen and oxygen atoms in total. The number of rotatable bonds is 20. The van der Waals surface area contributed by atoms with Crippen LogP contribution in [0.25, 0.3) is 46.6 Å². The Hall–Kier alpha value is -12.0. The Labute approximate surface area is 545 Å². The first kappa shape index (κ1) is 58.7. The molecule has 0 bridgehead atoms. The van der Waals surface area contributed by atoms with E-state index in [0.717, 1.165) is 158 Å². The predicted octanol–water partition coefficient (Wildman–Crippen LogP) is 22.5. The van der Waals surface area contributed by atoms with Crippen molar-refractivity contribution in [2.24, 2.45) is 0 Å².